The maximum atomic E-state index is 12.1. The molecule has 0 saturated carbocycles. The number of nitrogens with one attached hydrogen (secondary N) is 1. The molecule has 0 bridgehead atoms. The fourth-order valence-corrected chi connectivity index (χ4v) is 2.22. The van der Waals surface area contributed by atoms with Gasteiger partial charge in [0.2, 0.25) is 0 Å². The van der Waals surface area contributed by atoms with Crippen LogP contribution in [0.1, 0.15) is 30.3 Å². The summed E-state index contributed by atoms with van der Waals surface area (Å²) < 4.78 is 5.21. The van der Waals surface area contributed by atoms with E-state index < -0.39 is 0 Å². The second-order valence-electron chi connectivity index (χ2n) is 5.10. The van der Waals surface area contributed by atoms with E-state index in [0.717, 1.165) is 24.1 Å². The lowest BCUT2D eigenvalue weighted by molar-refractivity contribution is 0.0749. The van der Waals surface area contributed by atoms with Gasteiger partial charge in [0.1, 0.15) is 6.10 Å². The molecule has 2 aromatic rings. The van der Waals surface area contributed by atoms with Crippen molar-refractivity contribution in [2.45, 2.75) is 25.9 Å². The highest BCUT2D eigenvalue weighted by molar-refractivity contribution is 5.93. The first-order chi connectivity index (χ1) is 10.8. The van der Waals surface area contributed by atoms with Crippen LogP contribution < -0.4 is 5.32 Å². The molecule has 3 rings (SSSR count). The number of oxime groups is 1. The van der Waals surface area contributed by atoms with Gasteiger partial charge in [0, 0.05) is 18.1 Å². The maximum Gasteiger partial charge on any atom is 0.273 e. The van der Waals surface area contributed by atoms with E-state index in [9.17, 15) is 4.79 Å². The predicted octanol–water partition coefficient (Wildman–Crippen LogP) is 2.63. The van der Waals surface area contributed by atoms with E-state index in [4.69, 9.17) is 9.36 Å². The van der Waals surface area contributed by atoms with Crippen LogP contribution in [0, 0.1) is 0 Å². The zero-order chi connectivity index (χ0) is 15.4. The van der Waals surface area contributed by atoms with Gasteiger partial charge in [-0.3, -0.25) is 4.79 Å². The number of nitrogens with zero attached hydrogens (tertiary/aromatic N) is 2. The summed E-state index contributed by atoms with van der Waals surface area (Å²) in [6, 6.07) is 11.2. The average Bonchev–Trinajstić information content (AvgIpc) is 3.22. The summed E-state index contributed by atoms with van der Waals surface area (Å²) in [5.74, 6) is 0.291. The molecule has 0 saturated heterocycles. The van der Waals surface area contributed by atoms with Crippen molar-refractivity contribution >= 4 is 11.6 Å². The van der Waals surface area contributed by atoms with Crippen LogP contribution in [-0.2, 0) is 4.84 Å². The Morgan fingerprint density at radius 1 is 1.36 bits per heavy atom. The number of aromatic nitrogens is 1. The number of carbonyl (C=O) groups excluding carboxylic acids is 1. The lowest BCUT2D eigenvalue weighted by Gasteiger charge is -2.08. The van der Waals surface area contributed by atoms with Gasteiger partial charge >= 0.3 is 0 Å². The molecule has 1 atom stereocenters. The molecular weight excluding hydrogens is 282 g/mol. The second-order valence-corrected chi connectivity index (χ2v) is 5.10. The molecule has 1 aromatic carbocycles. The monoisotopic (exact) mass is 299 g/mol. The lowest BCUT2D eigenvalue weighted by atomic mass is 10.1. The molecule has 6 nitrogen and oxygen atoms in total. The van der Waals surface area contributed by atoms with E-state index >= 15 is 0 Å². The number of rotatable bonds is 5. The van der Waals surface area contributed by atoms with Crippen molar-refractivity contribution in [1.29, 1.82) is 0 Å². The highest BCUT2D eigenvalue weighted by Crippen LogP contribution is 2.19. The number of carbonyl (C=O) groups is 1. The lowest BCUT2D eigenvalue weighted by Crippen LogP contribution is -2.32. The molecule has 1 N–H and O–H groups in total. The standard InChI is InChI=1S/C16H17N3O3/c1-2-12-8-13(21-18-12)10-17-16(20)14-9-15(22-19-14)11-6-4-3-5-7-11/h3-7,9,13H,2,8,10H2,1H3,(H,17,20)/t13-/m1/s1. The first-order valence-corrected chi connectivity index (χ1v) is 7.28. The fourth-order valence-electron chi connectivity index (χ4n) is 2.22. The Morgan fingerprint density at radius 2 is 2.18 bits per heavy atom. The van der Waals surface area contributed by atoms with Crippen LogP contribution in [0.25, 0.3) is 11.3 Å². The highest BCUT2D eigenvalue weighted by atomic mass is 16.6. The molecule has 1 aromatic heterocycles. The minimum Gasteiger partial charge on any atom is -0.390 e. The molecule has 22 heavy (non-hydrogen) atoms. The Kier molecular flexibility index (Phi) is 4.18. The average molecular weight is 299 g/mol. The number of hydrogen-bond donors (Lipinski definition) is 1. The minimum atomic E-state index is -0.278. The van der Waals surface area contributed by atoms with Gasteiger partial charge in [-0.15, -0.1) is 0 Å². The highest BCUT2D eigenvalue weighted by Gasteiger charge is 2.21. The van der Waals surface area contributed by atoms with Crippen molar-refractivity contribution < 1.29 is 14.2 Å². The summed E-state index contributed by atoms with van der Waals surface area (Å²) in [5, 5.41) is 10.6. The largest absolute Gasteiger partial charge is 0.390 e. The van der Waals surface area contributed by atoms with Gasteiger partial charge in [-0.2, -0.15) is 0 Å². The van der Waals surface area contributed by atoms with Gasteiger partial charge in [0.15, 0.2) is 11.5 Å². The van der Waals surface area contributed by atoms with Crippen LogP contribution in [0.15, 0.2) is 46.1 Å². The van der Waals surface area contributed by atoms with Crippen molar-refractivity contribution in [2.75, 3.05) is 6.54 Å². The summed E-state index contributed by atoms with van der Waals surface area (Å²) in [6.45, 7) is 2.43. The third-order valence-electron chi connectivity index (χ3n) is 3.49. The summed E-state index contributed by atoms with van der Waals surface area (Å²) in [7, 11) is 0. The van der Waals surface area contributed by atoms with E-state index in [0.29, 0.717) is 12.3 Å². The third kappa shape index (κ3) is 3.16. The van der Waals surface area contributed by atoms with E-state index in [-0.39, 0.29) is 17.7 Å². The topological polar surface area (TPSA) is 76.7 Å². The van der Waals surface area contributed by atoms with Crippen LogP contribution >= 0.6 is 0 Å². The van der Waals surface area contributed by atoms with E-state index in [1.54, 1.807) is 6.07 Å². The molecule has 1 amide bonds. The van der Waals surface area contributed by atoms with Crippen LogP contribution in [0.5, 0.6) is 0 Å². The van der Waals surface area contributed by atoms with Crippen molar-refractivity contribution in [3.05, 3.63) is 42.1 Å². The summed E-state index contributed by atoms with van der Waals surface area (Å²) in [4.78, 5) is 17.3. The number of benzene rings is 1. The Hall–Kier alpha value is -2.63. The fraction of sp³-hybridized carbons (Fsp3) is 0.312. The van der Waals surface area contributed by atoms with Gasteiger partial charge in [-0.05, 0) is 6.42 Å². The van der Waals surface area contributed by atoms with Crippen LogP contribution in [0.3, 0.4) is 0 Å². The molecule has 6 heteroatoms. The van der Waals surface area contributed by atoms with Crippen molar-refractivity contribution in [3.63, 3.8) is 0 Å². The number of amides is 1. The maximum absolute atomic E-state index is 12.1. The first-order valence-electron chi connectivity index (χ1n) is 7.28. The van der Waals surface area contributed by atoms with E-state index in [1.807, 2.05) is 37.3 Å². The van der Waals surface area contributed by atoms with E-state index in [1.165, 1.54) is 0 Å². The van der Waals surface area contributed by atoms with Gasteiger partial charge in [-0.25, -0.2) is 0 Å². The molecule has 0 aliphatic carbocycles. The van der Waals surface area contributed by atoms with E-state index in [2.05, 4.69) is 15.6 Å². The smallest absolute Gasteiger partial charge is 0.273 e. The Balaban J connectivity index is 1.56. The van der Waals surface area contributed by atoms with Crippen LogP contribution in [-0.4, -0.2) is 29.4 Å². The normalized spacial score (nSPS) is 17.0. The third-order valence-corrected chi connectivity index (χ3v) is 3.49. The van der Waals surface area contributed by atoms with Gasteiger partial charge in [-0.1, -0.05) is 47.6 Å². The summed E-state index contributed by atoms with van der Waals surface area (Å²) >= 11 is 0. The predicted molar refractivity (Wildman–Crippen MR) is 81.5 cm³/mol. The van der Waals surface area contributed by atoms with Gasteiger partial charge in [0.05, 0.1) is 12.3 Å². The van der Waals surface area contributed by atoms with Crippen LogP contribution in [0.4, 0.5) is 0 Å². The Labute approximate surface area is 128 Å². The minimum absolute atomic E-state index is 0.0978. The molecule has 114 valence electrons. The summed E-state index contributed by atoms with van der Waals surface area (Å²) in [5.41, 5.74) is 2.16. The Bertz CT molecular complexity index is 679. The second kappa shape index (κ2) is 6.43. The zero-order valence-corrected chi connectivity index (χ0v) is 12.3. The molecule has 0 radical (unpaired) electrons. The van der Waals surface area contributed by atoms with Gasteiger partial charge < -0.3 is 14.7 Å². The molecule has 1 aliphatic heterocycles. The quantitative estimate of drug-likeness (QED) is 0.920. The molecule has 1 aliphatic rings. The molecule has 0 fully saturated rings. The Morgan fingerprint density at radius 3 is 2.91 bits per heavy atom. The van der Waals surface area contributed by atoms with Crippen molar-refractivity contribution in [1.82, 2.24) is 10.5 Å². The number of hydrogen-bond acceptors (Lipinski definition) is 5. The molecule has 0 unspecified atom stereocenters. The van der Waals surface area contributed by atoms with Crippen LogP contribution in [0.2, 0.25) is 0 Å². The molecule has 0 spiro atoms. The zero-order valence-electron chi connectivity index (χ0n) is 12.3. The molecule has 2 heterocycles. The van der Waals surface area contributed by atoms with Gasteiger partial charge in [0.25, 0.3) is 5.91 Å². The SMILES string of the molecule is CCC1=NO[C@@H](CNC(=O)c2cc(-c3ccccc3)on2)C1. The first kappa shape index (κ1) is 14.3. The van der Waals surface area contributed by atoms with Crippen molar-refractivity contribution in [2.24, 2.45) is 5.16 Å². The summed E-state index contributed by atoms with van der Waals surface area (Å²) in [6.07, 6.45) is 1.53. The van der Waals surface area contributed by atoms with Crippen molar-refractivity contribution in [3.8, 4) is 11.3 Å². The molecular formula is C16H17N3O3.